The SMILES string of the molecule is CSc1cc2c(cc1NC(=O)Cn1c3ccccc3c(=O)c3ccccc31)OCCO2. The largest absolute Gasteiger partial charge is 0.486 e. The van der Waals surface area contributed by atoms with Crippen LogP contribution in [0.1, 0.15) is 0 Å². The Morgan fingerprint density at radius 3 is 2.16 bits per heavy atom. The first-order valence-corrected chi connectivity index (χ1v) is 11.2. The van der Waals surface area contributed by atoms with Crippen molar-refractivity contribution in [2.45, 2.75) is 11.4 Å². The Morgan fingerprint density at radius 1 is 0.968 bits per heavy atom. The van der Waals surface area contributed by atoms with Crippen LogP contribution in [0, 0.1) is 0 Å². The highest BCUT2D eigenvalue weighted by molar-refractivity contribution is 7.98. The van der Waals surface area contributed by atoms with E-state index in [4.69, 9.17) is 9.47 Å². The third-order valence-corrected chi connectivity index (χ3v) is 6.10. The zero-order chi connectivity index (χ0) is 21.4. The molecule has 0 fully saturated rings. The summed E-state index contributed by atoms with van der Waals surface area (Å²) in [5, 5.41) is 4.20. The van der Waals surface area contributed by atoms with Gasteiger partial charge in [-0.2, -0.15) is 0 Å². The third kappa shape index (κ3) is 3.51. The molecule has 0 radical (unpaired) electrons. The van der Waals surface area contributed by atoms with Crippen LogP contribution in [0.25, 0.3) is 21.8 Å². The van der Waals surface area contributed by atoms with E-state index < -0.39 is 0 Å². The molecule has 0 spiro atoms. The Kier molecular flexibility index (Phi) is 5.03. The Balaban J connectivity index is 1.54. The van der Waals surface area contributed by atoms with Crippen LogP contribution in [0.2, 0.25) is 0 Å². The van der Waals surface area contributed by atoms with Crippen LogP contribution in [0.4, 0.5) is 5.69 Å². The van der Waals surface area contributed by atoms with Gasteiger partial charge in [0.25, 0.3) is 0 Å². The first kappa shape index (κ1) is 19.5. The number of anilines is 1. The van der Waals surface area contributed by atoms with Gasteiger partial charge in [-0.15, -0.1) is 11.8 Å². The highest BCUT2D eigenvalue weighted by Crippen LogP contribution is 2.39. The number of benzene rings is 3. The number of para-hydroxylation sites is 2. The molecule has 0 atom stereocenters. The maximum Gasteiger partial charge on any atom is 0.244 e. The zero-order valence-corrected chi connectivity index (χ0v) is 17.7. The molecule has 3 aromatic carbocycles. The van der Waals surface area contributed by atoms with Crippen molar-refractivity contribution >= 4 is 45.2 Å². The summed E-state index contributed by atoms with van der Waals surface area (Å²) in [5.74, 6) is 1.12. The first-order chi connectivity index (χ1) is 15.2. The van der Waals surface area contributed by atoms with E-state index in [1.165, 1.54) is 11.8 Å². The van der Waals surface area contributed by atoms with Crippen molar-refractivity contribution in [1.29, 1.82) is 0 Å². The molecule has 1 aromatic heterocycles. The highest BCUT2D eigenvalue weighted by atomic mass is 32.2. The predicted molar refractivity (Wildman–Crippen MR) is 124 cm³/mol. The number of carbonyl (C=O) groups excluding carboxylic acids is 1. The van der Waals surface area contributed by atoms with E-state index >= 15 is 0 Å². The minimum absolute atomic E-state index is 0.0284. The number of rotatable bonds is 4. The van der Waals surface area contributed by atoms with Gasteiger partial charge >= 0.3 is 0 Å². The quantitative estimate of drug-likeness (QED) is 0.385. The van der Waals surface area contributed by atoms with Crippen molar-refractivity contribution in [1.82, 2.24) is 4.57 Å². The van der Waals surface area contributed by atoms with Gasteiger partial charge in [-0.1, -0.05) is 24.3 Å². The van der Waals surface area contributed by atoms with Crippen molar-refractivity contribution in [3.05, 3.63) is 70.9 Å². The van der Waals surface area contributed by atoms with E-state index in [1.54, 1.807) is 18.2 Å². The van der Waals surface area contributed by atoms with Crippen molar-refractivity contribution in [3.63, 3.8) is 0 Å². The van der Waals surface area contributed by atoms with E-state index in [2.05, 4.69) is 5.32 Å². The molecule has 1 amide bonds. The number of ether oxygens (including phenoxy) is 2. The highest BCUT2D eigenvalue weighted by Gasteiger charge is 2.18. The van der Waals surface area contributed by atoms with Crippen LogP contribution in [0.15, 0.2) is 70.4 Å². The number of nitrogens with zero attached hydrogens (tertiary/aromatic N) is 1. The summed E-state index contributed by atoms with van der Waals surface area (Å²) < 4.78 is 13.2. The molecule has 0 saturated heterocycles. The smallest absolute Gasteiger partial charge is 0.244 e. The Bertz CT molecular complexity index is 1320. The second-order valence-electron chi connectivity index (χ2n) is 7.19. The van der Waals surface area contributed by atoms with Crippen molar-refractivity contribution in [2.75, 3.05) is 24.8 Å². The molecule has 7 heteroatoms. The molecule has 1 aliphatic rings. The molecular weight excluding hydrogens is 412 g/mol. The van der Waals surface area contributed by atoms with Crippen molar-refractivity contribution in [2.24, 2.45) is 0 Å². The van der Waals surface area contributed by atoms with Gasteiger partial charge in [0, 0.05) is 21.7 Å². The molecule has 5 rings (SSSR count). The van der Waals surface area contributed by atoms with Crippen LogP contribution in [0.5, 0.6) is 11.5 Å². The van der Waals surface area contributed by atoms with E-state index in [9.17, 15) is 9.59 Å². The van der Waals surface area contributed by atoms with E-state index in [0.717, 1.165) is 15.9 Å². The second-order valence-corrected chi connectivity index (χ2v) is 8.04. The molecule has 0 aliphatic carbocycles. The molecule has 6 nitrogen and oxygen atoms in total. The molecule has 31 heavy (non-hydrogen) atoms. The maximum absolute atomic E-state index is 13.1. The number of thioether (sulfide) groups is 1. The summed E-state index contributed by atoms with van der Waals surface area (Å²) in [6, 6.07) is 18.4. The van der Waals surface area contributed by atoms with Crippen LogP contribution >= 0.6 is 11.8 Å². The van der Waals surface area contributed by atoms with E-state index in [1.807, 2.05) is 53.3 Å². The average Bonchev–Trinajstić information content (AvgIpc) is 2.81. The van der Waals surface area contributed by atoms with Gasteiger partial charge in [0.15, 0.2) is 16.9 Å². The molecular formula is C24H20N2O4S. The van der Waals surface area contributed by atoms with Crippen molar-refractivity contribution < 1.29 is 14.3 Å². The fourth-order valence-electron chi connectivity index (χ4n) is 3.92. The van der Waals surface area contributed by atoms with Gasteiger partial charge in [0.05, 0.1) is 16.7 Å². The third-order valence-electron chi connectivity index (χ3n) is 5.32. The molecule has 0 unspecified atom stereocenters. The molecule has 0 saturated carbocycles. The lowest BCUT2D eigenvalue weighted by molar-refractivity contribution is -0.116. The first-order valence-electron chi connectivity index (χ1n) is 9.93. The number of hydrogen-bond acceptors (Lipinski definition) is 5. The number of amides is 1. The zero-order valence-electron chi connectivity index (χ0n) is 16.9. The summed E-state index contributed by atoms with van der Waals surface area (Å²) >= 11 is 1.53. The molecule has 1 N–H and O–H groups in total. The average molecular weight is 433 g/mol. The van der Waals surface area contributed by atoms with Gasteiger partial charge in [-0.25, -0.2) is 0 Å². The number of pyridine rings is 1. The van der Waals surface area contributed by atoms with Gasteiger partial charge in [0.2, 0.25) is 5.91 Å². The number of fused-ring (bicyclic) bond motifs is 3. The summed E-state index contributed by atoms with van der Waals surface area (Å²) in [4.78, 5) is 26.9. The minimum atomic E-state index is -0.189. The number of hydrogen-bond donors (Lipinski definition) is 1. The molecule has 0 bridgehead atoms. The van der Waals surface area contributed by atoms with E-state index in [-0.39, 0.29) is 17.9 Å². The van der Waals surface area contributed by atoms with Gasteiger partial charge in [0.1, 0.15) is 19.8 Å². The minimum Gasteiger partial charge on any atom is -0.486 e. The topological polar surface area (TPSA) is 69.6 Å². The van der Waals surface area contributed by atoms with Gasteiger partial charge < -0.3 is 19.4 Å². The Morgan fingerprint density at radius 2 is 1.55 bits per heavy atom. The van der Waals surface area contributed by atoms with Crippen LogP contribution in [0.3, 0.4) is 0 Å². The summed E-state index contributed by atoms with van der Waals surface area (Å²) in [6.07, 6.45) is 1.95. The molecule has 1 aliphatic heterocycles. The fourth-order valence-corrected chi connectivity index (χ4v) is 4.47. The lowest BCUT2D eigenvalue weighted by atomic mass is 10.1. The van der Waals surface area contributed by atoms with Crippen LogP contribution in [-0.2, 0) is 11.3 Å². The predicted octanol–water partition coefficient (Wildman–Crippen LogP) is 4.29. The lowest BCUT2D eigenvalue weighted by Crippen LogP contribution is -2.22. The molecule has 156 valence electrons. The van der Waals surface area contributed by atoms with Crippen LogP contribution in [-0.4, -0.2) is 29.9 Å². The van der Waals surface area contributed by atoms with E-state index in [0.29, 0.717) is 41.2 Å². The maximum atomic E-state index is 13.1. The van der Waals surface area contributed by atoms with Crippen molar-refractivity contribution in [3.8, 4) is 11.5 Å². The summed E-state index contributed by atoms with van der Waals surface area (Å²) in [6.45, 7) is 1.07. The number of nitrogens with one attached hydrogen (secondary N) is 1. The summed E-state index contributed by atoms with van der Waals surface area (Å²) in [7, 11) is 0. The standard InChI is InChI=1S/C24H20N2O4S/c1-31-22-13-21-20(29-10-11-30-21)12-17(22)25-23(27)14-26-18-8-4-2-6-15(18)24(28)16-7-3-5-9-19(16)26/h2-9,12-13H,10-11,14H2,1H3,(H,25,27). The molecule has 4 aromatic rings. The number of carbonyl (C=O) groups is 1. The number of aromatic nitrogens is 1. The molecule has 2 heterocycles. The van der Waals surface area contributed by atoms with Crippen LogP contribution < -0.4 is 20.2 Å². The fraction of sp³-hybridized carbons (Fsp3) is 0.167. The normalized spacial score (nSPS) is 12.8. The Hall–Kier alpha value is -3.45. The monoisotopic (exact) mass is 432 g/mol. The summed E-state index contributed by atoms with van der Waals surface area (Å²) in [5.41, 5.74) is 2.11. The Labute approximate surface area is 182 Å². The lowest BCUT2D eigenvalue weighted by Gasteiger charge is -2.21. The van der Waals surface area contributed by atoms with Gasteiger partial charge in [-0.3, -0.25) is 9.59 Å². The van der Waals surface area contributed by atoms with Gasteiger partial charge in [-0.05, 0) is 36.6 Å². The second kappa shape index (κ2) is 8.00.